The van der Waals surface area contributed by atoms with Crippen LogP contribution < -0.4 is 10.6 Å². The average Bonchev–Trinajstić information content (AvgIpc) is 3.09. The van der Waals surface area contributed by atoms with Gasteiger partial charge >= 0.3 is 6.03 Å². The van der Waals surface area contributed by atoms with Crippen molar-refractivity contribution in [3.8, 4) is 0 Å². The molecule has 0 aromatic rings. The molecule has 2 unspecified atom stereocenters. The predicted molar refractivity (Wildman–Crippen MR) is 75.9 cm³/mol. The number of carbonyl (C=O) groups excluding carboxylic acids is 1. The first kappa shape index (κ1) is 14.6. The Balaban J connectivity index is 1.70. The van der Waals surface area contributed by atoms with Gasteiger partial charge in [0.05, 0.1) is 12.1 Å². The van der Waals surface area contributed by atoms with E-state index in [4.69, 9.17) is 0 Å². The summed E-state index contributed by atoms with van der Waals surface area (Å²) in [6, 6.07) is -0.171. The molecule has 19 heavy (non-hydrogen) atoms. The Morgan fingerprint density at radius 1 is 1.32 bits per heavy atom. The number of hydrogen-bond acceptors (Lipinski definition) is 2. The van der Waals surface area contributed by atoms with Crippen molar-refractivity contribution in [2.24, 2.45) is 11.3 Å². The maximum Gasteiger partial charge on any atom is 0.315 e. The van der Waals surface area contributed by atoms with Gasteiger partial charge in [0.25, 0.3) is 0 Å². The van der Waals surface area contributed by atoms with Crippen LogP contribution >= 0.6 is 0 Å². The molecule has 0 radical (unpaired) electrons. The number of nitrogens with one attached hydrogen (secondary N) is 2. The molecule has 2 rings (SSSR count). The van der Waals surface area contributed by atoms with Crippen LogP contribution in [-0.4, -0.2) is 29.8 Å². The minimum atomic E-state index is -0.370. The topological polar surface area (TPSA) is 61.4 Å². The van der Waals surface area contributed by atoms with Gasteiger partial charge < -0.3 is 15.7 Å². The third kappa shape index (κ3) is 4.37. The lowest BCUT2D eigenvalue weighted by atomic mass is 9.92. The van der Waals surface area contributed by atoms with Gasteiger partial charge in [-0.1, -0.05) is 26.7 Å². The summed E-state index contributed by atoms with van der Waals surface area (Å²) in [5.74, 6) is 0.688. The molecular formula is C15H28N2O2. The maximum absolute atomic E-state index is 11.9. The summed E-state index contributed by atoms with van der Waals surface area (Å²) in [5.41, 5.74) is 0.358. The zero-order valence-electron chi connectivity index (χ0n) is 12.2. The zero-order valence-corrected chi connectivity index (χ0v) is 12.2. The van der Waals surface area contributed by atoms with Crippen LogP contribution in [0, 0.1) is 11.3 Å². The van der Waals surface area contributed by atoms with Crippen LogP contribution in [0.4, 0.5) is 4.79 Å². The van der Waals surface area contributed by atoms with Gasteiger partial charge in [-0.3, -0.25) is 0 Å². The molecule has 3 N–H and O–H groups in total. The van der Waals surface area contributed by atoms with Crippen LogP contribution in [-0.2, 0) is 0 Å². The number of aliphatic hydroxyl groups excluding tert-OH is 1. The fourth-order valence-corrected chi connectivity index (χ4v) is 3.26. The number of amides is 2. The van der Waals surface area contributed by atoms with E-state index < -0.39 is 0 Å². The Kier molecular flexibility index (Phi) is 4.71. The molecule has 4 heteroatoms. The molecule has 0 saturated heterocycles. The Morgan fingerprint density at radius 3 is 2.58 bits per heavy atom. The quantitative estimate of drug-likeness (QED) is 0.717. The van der Waals surface area contributed by atoms with E-state index in [1.807, 2.05) is 0 Å². The van der Waals surface area contributed by atoms with E-state index in [0.29, 0.717) is 11.3 Å². The second-order valence-electron chi connectivity index (χ2n) is 6.88. The zero-order chi connectivity index (χ0) is 13.9. The number of carbonyl (C=O) groups is 1. The second-order valence-corrected chi connectivity index (χ2v) is 6.88. The summed E-state index contributed by atoms with van der Waals surface area (Å²) in [6.07, 6.45) is 7.16. The van der Waals surface area contributed by atoms with Gasteiger partial charge in [0.1, 0.15) is 0 Å². The van der Waals surface area contributed by atoms with Crippen LogP contribution in [0.5, 0.6) is 0 Å². The Morgan fingerprint density at radius 2 is 2.00 bits per heavy atom. The Hall–Kier alpha value is -0.770. The van der Waals surface area contributed by atoms with Crippen molar-refractivity contribution in [3.63, 3.8) is 0 Å². The van der Waals surface area contributed by atoms with Crippen molar-refractivity contribution < 1.29 is 9.90 Å². The lowest BCUT2D eigenvalue weighted by molar-refractivity contribution is 0.0941. The van der Waals surface area contributed by atoms with Crippen LogP contribution in [0.3, 0.4) is 0 Å². The Labute approximate surface area is 116 Å². The first-order valence-electron chi connectivity index (χ1n) is 7.73. The predicted octanol–water partition coefficient (Wildman–Crippen LogP) is 2.42. The van der Waals surface area contributed by atoms with E-state index >= 15 is 0 Å². The molecule has 0 spiro atoms. The average molecular weight is 268 g/mol. The van der Waals surface area contributed by atoms with E-state index in [-0.39, 0.29) is 18.2 Å². The summed E-state index contributed by atoms with van der Waals surface area (Å²) < 4.78 is 0. The van der Waals surface area contributed by atoms with Crippen LogP contribution in [0.25, 0.3) is 0 Å². The van der Waals surface area contributed by atoms with Crippen molar-refractivity contribution in [1.82, 2.24) is 10.6 Å². The molecule has 0 aliphatic heterocycles. The van der Waals surface area contributed by atoms with Gasteiger partial charge in [-0.15, -0.1) is 0 Å². The van der Waals surface area contributed by atoms with Gasteiger partial charge in [0.15, 0.2) is 0 Å². The van der Waals surface area contributed by atoms with E-state index in [0.717, 1.165) is 32.2 Å². The molecule has 110 valence electrons. The molecule has 0 aromatic carbocycles. The van der Waals surface area contributed by atoms with Gasteiger partial charge in [-0.25, -0.2) is 4.79 Å². The lowest BCUT2D eigenvalue weighted by Crippen LogP contribution is -2.49. The molecule has 2 aliphatic carbocycles. The molecular weight excluding hydrogens is 240 g/mol. The summed E-state index contributed by atoms with van der Waals surface area (Å²) in [5, 5.41) is 15.8. The highest BCUT2D eigenvalue weighted by Gasteiger charge is 2.42. The Bertz CT molecular complexity index is 313. The highest BCUT2D eigenvalue weighted by atomic mass is 16.3. The first-order chi connectivity index (χ1) is 9.01. The summed E-state index contributed by atoms with van der Waals surface area (Å²) in [4.78, 5) is 11.9. The van der Waals surface area contributed by atoms with E-state index in [1.165, 1.54) is 19.3 Å². The smallest absolute Gasteiger partial charge is 0.315 e. The molecule has 4 nitrogen and oxygen atoms in total. The van der Waals surface area contributed by atoms with E-state index in [2.05, 4.69) is 24.5 Å². The summed E-state index contributed by atoms with van der Waals surface area (Å²) >= 11 is 0. The van der Waals surface area contributed by atoms with Gasteiger partial charge in [-0.2, -0.15) is 0 Å². The molecule has 2 saturated carbocycles. The van der Waals surface area contributed by atoms with E-state index in [1.54, 1.807) is 0 Å². The highest BCUT2D eigenvalue weighted by Crippen LogP contribution is 2.49. The van der Waals surface area contributed by atoms with Crippen LogP contribution in [0.15, 0.2) is 0 Å². The molecule has 2 fully saturated rings. The van der Waals surface area contributed by atoms with Gasteiger partial charge in [-0.05, 0) is 43.4 Å². The minimum absolute atomic E-state index is 0.0611. The van der Waals surface area contributed by atoms with Crippen molar-refractivity contribution >= 4 is 6.03 Å². The first-order valence-corrected chi connectivity index (χ1v) is 7.73. The molecule has 0 bridgehead atoms. The van der Waals surface area contributed by atoms with E-state index in [9.17, 15) is 9.90 Å². The SMILES string of the molecule is CC(C)CC1(CNC(=O)NC2CCCCC2O)CC1. The normalized spacial score (nSPS) is 29.1. The van der Waals surface area contributed by atoms with Gasteiger partial charge in [0, 0.05) is 6.54 Å². The fraction of sp³-hybridized carbons (Fsp3) is 0.933. The van der Waals surface area contributed by atoms with Crippen molar-refractivity contribution in [3.05, 3.63) is 0 Å². The molecule has 0 aromatic heterocycles. The molecule has 0 heterocycles. The summed E-state index contributed by atoms with van der Waals surface area (Å²) in [7, 11) is 0. The molecule has 2 amide bonds. The van der Waals surface area contributed by atoms with Crippen molar-refractivity contribution in [2.75, 3.05) is 6.54 Å². The lowest BCUT2D eigenvalue weighted by Gasteiger charge is -2.28. The number of aliphatic hydroxyl groups is 1. The highest BCUT2D eigenvalue weighted by molar-refractivity contribution is 5.74. The number of hydrogen-bond donors (Lipinski definition) is 3. The van der Waals surface area contributed by atoms with Crippen LogP contribution in [0.1, 0.15) is 58.8 Å². The fourth-order valence-electron chi connectivity index (χ4n) is 3.26. The summed E-state index contributed by atoms with van der Waals surface area (Å²) in [6.45, 7) is 5.25. The largest absolute Gasteiger partial charge is 0.391 e. The third-order valence-corrected chi connectivity index (χ3v) is 4.47. The monoisotopic (exact) mass is 268 g/mol. The molecule has 2 atom stereocenters. The number of urea groups is 1. The number of rotatable bonds is 5. The van der Waals surface area contributed by atoms with Crippen LogP contribution in [0.2, 0.25) is 0 Å². The van der Waals surface area contributed by atoms with Crippen molar-refractivity contribution in [1.29, 1.82) is 0 Å². The third-order valence-electron chi connectivity index (χ3n) is 4.47. The molecule has 2 aliphatic rings. The maximum atomic E-state index is 11.9. The second kappa shape index (κ2) is 6.12. The van der Waals surface area contributed by atoms with Gasteiger partial charge in [0.2, 0.25) is 0 Å². The van der Waals surface area contributed by atoms with Crippen molar-refractivity contribution in [2.45, 2.75) is 70.9 Å². The minimum Gasteiger partial charge on any atom is -0.391 e. The standard InChI is InChI=1S/C15H28N2O2/c1-11(2)9-15(7-8-15)10-16-14(19)17-12-5-3-4-6-13(12)18/h11-13,18H,3-10H2,1-2H3,(H2,16,17,19).